The van der Waals surface area contributed by atoms with E-state index in [1.165, 1.54) is 30.5 Å². The molecule has 2 nitrogen and oxygen atoms in total. The van der Waals surface area contributed by atoms with Gasteiger partial charge in [-0.05, 0) is 38.3 Å². The van der Waals surface area contributed by atoms with Crippen molar-refractivity contribution in [2.45, 2.75) is 46.0 Å². The highest BCUT2D eigenvalue weighted by Gasteiger charge is 2.22. The Morgan fingerprint density at radius 2 is 1.89 bits per heavy atom. The molecule has 104 valence electrons. The second-order valence-electron chi connectivity index (χ2n) is 5.60. The Bertz CT molecular complexity index is 421. The molecule has 2 heteroatoms. The maximum Gasteiger partial charge on any atom is 0.155 e. The standard InChI is InChI=1S/C17H25NO/c1-3-18(16-12-8-7-9-14(16)2)13-17(19)15-10-5-4-6-11-15/h7-9,12,15H,3-6,10-11,13H2,1-2H3. The summed E-state index contributed by atoms with van der Waals surface area (Å²) in [5.41, 5.74) is 2.45. The van der Waals surface area contributed by atoms with Gasteiger partial charge >= 0.3 is 0 Å². The van der Waals surface area contributed by atoms with Crippen LogP contribution in [0.1, 0.15) is 44.6 Å². The van der Waals surface area contributed by atoms with E-state index >= 15 is 0 Å². The van der Waals surface area contributed by atoms with E-state index in [9.17, 15) is 4.79 Å². The zero-order valence-electron chi connectivity index (χ0n) is 12.2. The number of hydrogen-bond donors (Lipinski definition) is 0. The van der Waals surface area contributed by atoms with Gasteiger partial charge in [0.2, 0.25) is 0 Å². The third-order valence-corrected chi connectivity index (χ3v) is 4.25. The summed E-state index contributed by atoms with van der Waals surface area (Å²) in [6, 6.07) is 8.34. The molecule has 0 aromatic heterocycles. The van der Waals surface area contributed by atoms with E-state index in [2.05, 4.69) is 43.0 Å². The Labute approximate surface area is 116 Å². The molecule has 0 atom stereocenters. The van der Waals surface area contributed by atoms with Crippen molar-refractivity contribution in [2.24, 2.45) is 5.92 Å². The van der Waals surface area contributed by atoms with Gasteiger partial charge in [-0.15, -0.1) is 0 Å². The lowest BCUT2D eigenvalue weighted by Gasteiger charge is -2.27. The Kier molecular flexibility index (Phi) is 5.00. The van der Waals surface area contributed by atoms with Gasteiger partial charge in [-0.25, -0.2) is 0 Å². The maximum atomic E-state index is 12.4. The van der Waals surface area contributed by atoms with Gasteiger partial charge in [0.1, 0.15) is 0 Å². The first kappa shape index (κ1) is 14.1. The molecule has 0 bridgehead atoms. The molecule has 1 aliphatic carbocycles. The summed E-state index contributed by atoms with van der Waals surface area (Å²) in [6.45, 7) is 5.71. The largest absolute Gasteiger partial charge is 0.364 e. The maximum absolute atomic E-state index is 12.4. The molecule has 0 spiro atoms. The molecule has 0 amide bonds. The number of carbonyl (C=O) groups is 1. The van der Waals surface area contributed by atoms with Crippen molar-refractivity contribution in [2.75, 3.05) is 18.0 Å². The monoisotopic (exact) mass is 259 g/mol. The highest BCUT2D eigenvalue weighted by atomic mass is 16.1. The van der Waals surface area contributed by atoms with Crippen LogP contribution in [0.5, 0.6) is 0 Å². The molecule has 1 aliphatic rings. The van der Waals surface area contributed by atoms with Crippen LogP contribution in [0.2, 0.25) is 0 Å². The van der Waals surface area contributed by atoms with Crippen LogP contribution in [-0.4, -0.2) is 18.9 Å². The lowest BCUT2D eigenvalue weighted by atomic mass is 9.86. The molecule has 2 rings (SSSR count). The molecule has 0 unspecified atom stereocenters. The summed E-state index contributed by atoms with van der Waals surface area (Å²) in [5.74, 6) is 0.747. The molecule has 0 heterocycles. The molecule has 1 aromatic carbocycles. The summed E-state index contributed by atoms with van der Waals surface area (Å²) < 4.78 is 0. The number of ketones is 1. The van der Waals surface area contributed by atoms with Crippen LogP contribution in [0.25, 0.3) is 0 Å². The minimum absolute atomic E-state index is 0.312. The summed E-state index contributed by atoms with van der Waals surface area (Å²) in [4.78, 5) is 14.6. The van der Waals surface area contributed by atoms with Crippen molar-refractivity contribution >= 4 is 11.5 Å². The number of benzene rings is 1. The Hall–Kier alpha value is -1.31. The summed E-state index contributed by atoms with van der Waals surface area (Å²) >= 11 is 0. The van der Waals surface area contributed by atoms with Gasteiger partial charge in [0, 0.05) is 18.2 Å². The fraction of sp³-hybridized carbons (Fsp3) is 0.588. The van der Waals surface area contributed by atoms with Gasteiger partial charge in [0.15, 0.2) is 5.78 Å². The second kappa shape index (κ2) is 6.74. The van der Waals surface area contributed by atoms with Gasteiger partial charge in [-0.1, -0.05) is 37.5 Å². The molecule has 1 aromatic rings. The normalized spacial score (nSPS) is 16.3. The molecule has 0 aliphatic heterocycles. The van der Waals surface area contributed by atoms with Crippen molar-refractivity contribution in [1.82, 2.24) is 0 Å². The van der Waals surface area contributed by atoms with Gasteiger partial charge in [0.05, 0.1) is 6.54 Å². The van der Waals surface area contributed by atoms with Crippen molar-refractivity contribution in [3.63, 3.8) is 0 Å². The minimum atomic E-state index is 0.312. The zero-order chi connectivity index (χ0) is 13.7. The number of carbonyl (C=O) groups excluding carboxylic acids is 1. The van der Waals surface area contributed by atoms with Crippen LogP contribution in [0.4, 0.5) is 5.69 Å². The van der Waals surface area contributed by atoms with E-state index in [0.29, 0.717) is 18.2 Å². The number of aryl methyl sites for hydroxylation is 1. The van der Waals surface area contributed by atoms with Crippen LogP contribution in [0.15, 0.2) is 24.3 Å². The Morgan fingerprint density at radius 3 is 2.53 bits per heavy atom. The van der Waals surface area contributed by atoms with Crippen LogP contribution in [0, 0.1) is 12.8 Å². The SMILES string of the molecule is CCN(CC(=O)C1CCCCC1)c1ccccc1C. The number of anilines is 1. The van der Waals surface area contributed by atoms with Crippen molar-refractivity contribution in [1.29, 1.82) is 0 Å². The van der Waals surface area contributed by atoms with Gasteiger partial charge in [-0.2, -0.15) is 0 Å². The molecular weight excluding hydrogens is 234 g/mol. The van der Waals surface area contributed by atoms with E-state index in [0.717, 1.165) is 19.4 Å². The number of hydrogen-bond acceptors (Lipinski definition) is 2. The molecule has 19 heavy (non-hydrogen) atoms. The van der Waals surface area contributed by atoms with Crippen LogP contribution >= 0.6 is 0 Å². The first-order valence-electron chi connectivity index (χ1n) is 7.55. The fourth-order valence-electron chi connectivity index (χ4n) is 3.03. The summed E-state index contributed by atoms with van der Waals surface area (Å²) in [5, 5.41) is 0. The predicted molar refractivity (Wildman–Crippen MR) is 80.6 cm³/mol. The molecule has 0 saturated heterocycles. The lowest BCUT2D eigenvalue weighted by molar-refractivity contribution is -0.122. The number of rotatable bonds is 5. The molecule has 1 saturated carbocycles. The van der Waals surface area contributed by atoms with E-state index in [1.54, 1.807) is 0 Å². The topological polar surface area (TPSA) is 20.3 Å². The Morgan fingerprint density at radius 1 is 1.21 bits per heavy atom. The number of para-hydroxylation sites is 1. The lowest BCUT2D eigenvalue weighted by Crippen LogP contribution is -2.34. The van der Waals surface area contributed by atoms with Crippen molar-refractivity contribution in [3.8, 4) is 0 Å². The quantitative estimate of drug-likeness (QED) is 0.797. The van der Waals surface area contributed by atoms with Gasteiger partial charge in [0.25, 0.3) is 0 Å². The average molecular weight is 259 g/mol. The van der Waals surface area contributed by atoms with E-state index in [4.69, 9.17) is 0 Å². The highest BCUT2D eigenvalue weighted by molar-refractivity contribution is 5.86. The third kappa shape index (κ3) is 3.59. The number of Topliss-reactive ketones (excluding diaryl/α,β-unsaturated/α-hetero) is 1. The first-order valence-corrected chi connectivity index (χ1v) is 7.55. The first-order chi connectivity index (χ1) is 9.22. The third-order valence-electron chi connectivity index (χ3n) is 4.25. The average Bonchev–Trinajstić information content (AvgIpc) is 2.46. The molecular formula is C17H25NO. The van der Waals surface area contributed by atoms with E-state index < -0.39 is 0 Å². The minimum Gasteiger partial charge on any atom is -0.364 e. The van der Waals surface area contributed by atoms with Crippen molar-refractivity contribution in [3.05, 3.63) is 29.8 Å². The molecule has 0 N–H and O–H groups in total. The predicted octanol–water partition coefficient (Wildman–Crippen LogP) is 3.97. The Balaban J connectivity index is 2.02. The van der Waals surface area contributed by atoms with Crippen LogP contribution < -0.4 is 4.90 Å². The number of likely N-dealkylation sites (N-methyl/N-ethyl adjacent to an activating group) is 1. The highest BCUT2D eigenvalue weighted by Crippen LogP contribution is 2.26. The van der Waals surface area contributed by atoms with E-state index in [-0.39, 0.29) is 0 Å². The number of nitrogens with zero attached hydrogens (tertiary/aromatic N) is 1. The second-order valence-corrected chi connectivity index (χ2v) is 5.60. The smallest absolute Gasteiger partial charge is 0.155 e. The zero-order valence-corrected chi connectivity index (χ0v) is 12.2. The molecule has 1 fully saturated rings. The van der Waals surface area contributed by atoms with Crippen LogP contribution in [-0.2, 0) is 4.79 Å². The van der Waals surface area contributed by atoms with Crippen LogP contribution in [0.3, 0.4) is 0 Å². The summed E-state index contributed by atoms with van der Waals surface area (Å²) in [6.07, 6.45) is 5.97. The summed E-state index contributed by atoms with van der Waals surface area (Å²) in [7, 11) is 0. The van der Waals surface area contributed by atoms with Gasteiger partial charge < -0.3 is 4.90 Å². The fourth-order valence-corrected chi connectivity index (χ4v) is 3.03. The van der Waals surface area contributed by atoms with E-state index in [1.807, 2.05) is 0 Å². The van der Waals surface area contributed by atoms with Gasteiger partial charge in [-0.3, -0.25) is 4.79 Å². The van der Waals surface area contributed by atoms with Crippen molar-refractivity contribution < 1.29 is 4.79 Å². The molecule has 0 radical (unpaired) electrons.